The fourth-order valence-corrected chi connectivity index (χ4v) is 5.00. The first kappa shape index (κ1) is 24.0. The molecular formula is C20H21F4IN3O2P. The van der Waals surface area contributed by atoms with Gasteiger partial charge in [-0.05, 0) is 66.9 Å². The molecule has 11 heteroatoms. The summed E-state index contributed by atoms with van der Waals surface area (Å²) < 4.78 is 61.1. The van der Waals surface area contributed by atoms with Crippen LogP contribution in [0.3, 0.4) is 0 Å². The van der Waals surface area contributed by atoms with Crippen molar-refractivity contribution in [2.75, 3.05) is 6.54 Å². The minimum atomic E-state index is -4.73. The summed E-state index contributed by atoms with van der Waals surface area (Å²) in [4.78, 5) is 14.0. The third-order valence-corrected chi connectivity index (χ3v) is 6.59. The van der Waals surface area contributed by atoms with Crippen LogP contribution < -0.4 is 0 Å². The first-order valence-electron chi connectivity index (χ1n) is 9.33. The third-order valence-electron chi connectivity index (χ3n) is 4.69. The fourth-order valence-electron chi connectivity index (χ4n) is 3.35. The van der Waals surface area contributed by atoms with Crippen LogP contribution in [0.5, 0.6) is 0 Å². The van der Waals surface area contributed by atoms with Gasteiger partial charge in [0.25, 0.3) is 0 Å². The Morgan fingerprint density at radius 1 is 1.29 bits per heavy atom. The van der Waals surface area contributed by atoms with E-state index < -0.39 is 29.3 Å². The monoisotopic (exact) mass is 569 g/mol. The lowest BCUT2D eigenvalue weighted by Crippen LogP contribution is -2.40. The van der Waals surface area contributed by atoms with Gasteiger partial charge in [0.1, 0.15) is 11.4 Å². The van der Waals surface area contributed by atoms with Crippen molar-refractivity contribution in [3.05, 3.63) is 58.7 Å². The van der Waals surface area contributed by atoms with Gasteiger partial charge in [0, 0.05) is 17.7 Å². The minimum absolute atomic E-state index is 0.0719. The van der Waals surface area contributed by atoms with Crippen molar-refractivity contribution in [2.24, 2.45) is 0 Å². The van der Waals surface area contributed by atoms with Crippen LogP contribution >= 0.6 is 28.4 Å². The highest BCUT2D eigenvalue weighted by molar-refractivity contribution is 14.2. The van der Waals surface area contributed by atoms with Crippen molar-refractivity contribution in [2.45, 2.75) is 45.5 Å². The maximum absolute atomic E-state index is 13.5. The van der Waals surface area contributed by atoms with E-state index in [1.807, 2.05) is 0 Å². The molecule has 5 nitrogen and oxygen atoms in total. The molecule has 1 aliphatic rings. The molecule has 1 atom stereocenters. The van der Waals surface area contributed by atoms with E-state index in [0.717, 1.165) is 23.4 Å². The molecule has 1 aliphatic heterocycles. The van der Waals surface area contributed by atoms with Gasteiger partial charge in [-0.3, -0.25) is 0 Å². The van der Waals surface area contributed by atoms with Crippen LogP contribution in [0.1, 0.15) is 48.8 Å². The summed E-state index contributed by atoms with van der Waals surface area (Å²) in [5.41, 5.74) is -0.0685. The average molecular weight is 569 g/mol. The summed E-state index contributed by atoms with van der Waals surface area (Å²) in [5, 5.41) is 4.48. The van der Waals surface area contributed by atoms with E-state index in [0.29, 0.717) is 24.7 Å². The normalized spacial score (nSPS) is 14.8. The highest BCUT2D eigenvalue weighted by atomic mass is 127. The number of halogens is 5. The summed E-state index contributed by atoms with van der Waals surface area (Å²) in [7, 11) is 0. The van der Waals surface area contributed by atoms with Crippen LogP contribution in [-0.4, -0.2) is 32.7 Å². The van der Waals surface area contributed by atoms with Gasteiger partial charge in [-0.1, -0.05) is 12.6 Å². The molecule has 1 aromatic carbocycles. The molecule has 0 radical (unpaired) electrons. The van der Waals surface area contributed by atoms with Crippen LogP contribution in [0.4, 0.5) is 22.4 Å². The largest absolute Gasteiger partial charge is 0.444 e. The second-order valence-electron chi connectivity index (χ2n) is 8.09. The molecular weight excluding hydrogens is 548 g/mol. The van der Waals surface area contributed by atoms with Gasteiger partial charge < -0.3 is 9.64 Å². The number of benzene rings is 1. The number of alkyl halides is 3. The first-order valence-corrected chi connectivity index (χ1v) is 13.4. The number of ether oxygens (including phenoxy) is 1. The number of aromatic nitrogens is 2. The summed E-state index contributed by atoms with van der Waals surface area (Å²) >= 11 is 2.12. The smallest absolute Gasteiger partial charge is 0.417 e. The highest BCUT2D eigenvalue weighted by Gasteiger charge is 2.36. The van der Waals surface area contributed by atoms with E-state index in [-0.39, 0.29) is 24.1 Å². The van der Waals surface area contributed by atoms with Crippen molar-refractivity contribution >= 4 is 40.1 Å². The highest BCUT2D eigenvalue weighted by Crippen LogP contribution is 2.40. The number of fused-ring (bicyclic) bond motifs is 1. The lowest BCUT2D eigenvalue weighted by atomic mass is 9.93. The number of carbonyl (C=O) groups excluding carboxylic acids is 1. The zero-order valence-electron chi connectivity index (χ0n) is 17.1. The predicted molar refractivity (Wildman–Crippen MR) is 120 cm³/mol. The van der Waals surface area contributed by atoms with E-state index >= 15 is 0 Å². The molecule has 168 valence electrons. The minimum Gasteiger partial charge on any atom is -0.444 e. The van der Waals surface area contributed by atoms with E-state index in [4.69, 9.17) is 4.74 Å². The Bertz CT molecular complexity index is 1030. The molecule has 0 saturated heterocycles. The van der Waals surface area contributed by atoms with E-state index in [1.165, 1.54) is 0 Å². The Morgan fingerprint density at radius 3 is 2.55 bits per heavy atom. The molecule has 0 fully saturated rings. The molecule has 2 heterocycles. The molecule has 0 N–H and O–H groups in total. The van der Waals surface area contributed by atoms with Crippen LogP contribution in [0, 0.1) is 5.82 Å². The zero-order valence-corrected chi connectivity index (χ0v) is 20.3. The van der Waals surface area contributed by atoms with Gasteiger partial charge in [-0.25, -0.2) is 13.6 Å². The van der Waals surface area contributed by atoms with Crippen molar-refractivity contribution in [3.8, 4) is 0 Å². The molecule has 1 amide bonds. The molecule has 1 aromatic heterocycles. The van der Waals surface area contributed by atoms with E-state index in [1.54, 1.807) is 30.1 Å². The van der Waals surface area contributed by atoms with Crippen LogP contribution in [0.15, 0.2) is 24.8 Å². The van der Waals surface area contributed by atoms with Gasteiger partial charge in [-0.15, -0.1) is 0 Å². The fraction of sp³-hybridized carbons (Fsp3) is 0.400. The summed E-state index contributed by atoms with van der Waals surface area (Å²) in [6.45, 7) is 9.76. The lowest BCUT2D eigenvalue weighted by molar-refractivity contribution is -0.137. The third kappa shape index (κ3) is 5.22. The molecule has 0 bridgehead atoms. The summed E-state index contributed by atoms with van der Waals surface area (Å²) in [6.07, 6.45) is -4.63. The van der Waals surface area contributed by atoms with Crippen molar-refractivity contribution in [3.63, 3.8) is 0 Å². The maximum atomic E-state index is 13.5. The molecule has 31 heavy (non-hydrogen) atoms. The predicted octanol–water partition coefficient (Wildman–Crippen LogP) is 6.19. The molecule has 2 aromatic rings. The first-order chi connectivity index (χ1) is 14.3. The Balaban J connectivity index is 1.99. The number of hydrogen-bond donors (Lipinski definition) is 0. The number of rotatable bonds is 3. The Labute approximate surface area is 192 Å². The summed E-state index contributed by atoms with van der Waals surface area (Å²) in [6, 6.07) is 2.52. The van der Waals surface area contributed by atoms with Gasteiger partial charge in [-0.2, -0.15) is 18.3 Å². The quantitative estimate of drug-likeness (QED) is 0.252. The van der Waals surface area contributed by atoms with Gasteiger partial charge >= 0.3 is 12.3 Å². The van der Waals surface area contributed by atoms with Crippen molar-refractivity contribution in [1.29, 1.82) is 0 Å². The number of nitrogens with zero attached hydrogens (tertiary/aromatic N) is 3. The van der Waals surface area contributed by atoms with Crippen LogP contribution in [0.25, 0.3) is 5.57 Å². The van der Waals surface area contributed by atoms with Crippen molar-refractivity contribution in [1.82, 2.24) is 14.5 Å². The second kappa shape index (κ2) is 8.69. The van der Waals surface area contributed by atoms with E-state index in [9.17, 15) is 22.4 Å². The average Bonchev–Trinajstić information content (AvgIpc) is 3.03. The maximum Gasteiger partial charge on any atom is 0.417 e. The number of carbonyl (C=O) groups is 1. The zero-order chi connectivity index (χ0) is 23.1. The SMILES string of the molecule is C=C(c1ccc(F)cc1C(F)(F)F)c1nn(PI)c2c1CCN(C(=O)OC(C)(C)C)C2. The van der Waals surface area contributed by atoms with E-state index in [2.05, 4.69) is 33.7 Å². The Kier molecular flexibility index (Phi) is 6.72. The van der Waals surface area contributed by atoms with Gasteiger partial charge in [0.05, 0.1) is 29.9 Å². The lowest BCUT2D eigenvalue weighted by Gasteiger charge is -2.30. The van der Waals surface area contributed by atoms with Crippen LogP contribution in [-0.2, 0) is 23.9 Å². The Morgan fingerprint density at radius 2 is 1.97 bits per heavy atom. The second-order valence-corrected chi connectivity index (χ2v) is 10.1. The van der Waals surface area contributed by atoms with Crippen molar-refractivity contribution < 1.29 is 27.1 Å². The molecule has 1 unspecified atom stereocenters. The summed E-state index contributed by atoms with van der Waals surface area (Å²) in [5.74, 6) is -0.974. The number of hydrogen-bond acceptors (Lipinski definition) is 3. The number of amides is 1. The molecule has 3 rings (SSSR count). The topological polar surface area (TPSA) is 47.4 Å². The van der Waals surface area contributed by atoms with Gasteiger partial charge in [0.2, 0.25) is 0 Å². The molecule has 0 saturated carbocycles. The molecule has 0 aliphatic carbocycles. The standard InChI is InChI=1S/C20H21F4IN3O2P/c1-11(13-6-5-12(21)9-15(13)20(22,23)24)17-14-7-8-27(18(29)30-19(2,3)4)10-16(14)28(26-17)31-25/h5-6,9,31H,1,7-8,10H2,2-4H3. The molecule has 0 spiro atoms. The van der Waals surface area contributed by atoms with Gasteiger partial charge in [0.15, 0.2) is 0 Å². The van der Waals surface area contributed by atoms with Crippen LogP contribution in [0.2, 0.25) is 0 Å². The Hall–Kier alpha value is -1.68.